The second-order valence-electron chi connectivity index (χ2n) is 9.64. The zero-order valence-electron chi connectivity index (χ0n) is 21.1. The molecule has 1 atom stereocenters. The Balaban J connectivity index is 3.45. The maximum atomic E-state index is 3.92. The van der Waals surface area contributed by atoms with Crippen LogP contribution in [0.15, 0.2) is 12.2 Å². The second kappa shape index (κ2) is 26.8. The van der Waals surface area contributed by atoms with Crippen molar-refractivity contribution in [3.05, 3.63) is 26.0 Å². The maximum absolute atomic E-state index is 3.92. The van der Waals surface area contributed by atoms with Crippen molar-refractivity contribution < 1.29 is 0 Å². The fourth-order valence-electron chi connectivity index (χ4n) is 4.59. The van der Waals surface area contributed by atoms with Gasteiger partial charge in [0, 0.05) is 0 Å². The lowest BCUT2D eigenvalue weighted by Gasteiger charge is -2.16. The SMILES string of the molecule is [CH2]CCCC/C=C/CCCCCC(CCC)CCCCCCCCCCCCC[CH2]. The first-order valence-electron chi connectivity index (χ1n) is 14.1. The van der Waals surface area contributed by atoms with Gasteiger partial charge in [-0.1, -0.05) is 161 Å². The number of rotatable bonds is 25. The van der Waals surface area contributed by atoms with E-state index in [0.717, 1.165) is 18.8 Å². The molecule has 0 saturated heterocycles. The molecule has 0 aromatic carbocycles. The molecule has 0 aromatic heterocycles. The topological polar surface area (TPSA) is 0 Å². The summed E-state index contributed by atoms with van der Waals surface area (Å²) >= 11 is 0. The quantitative estimate of drug-likeness (QED) is 0.102. The van der Waals surface area contributed by atoms with Crippen LogP contribution >= 0.6 is 0 Å². The van der Waals surface area contributed by atoms with Gasteiger partial charge in [0.15, 0.2) is 0 Å². The Kier molecular flexibility index (Phi) is 26.5. The van der Waals surface area contributed by atoms with E-state index in [1.165, 1.54) is 141 Å². The molecule has 0 aliphatic carbocycles. The van der Waals surface area contributed by atoms with E-state index >= 15 is 0 Å². The fraction of sp³-hybridized carbons (Fsp3) is 0.867. The predicted molar refractivity (Wildman–Crippen MR) is 140 cm³/mol. The molecule has 2 radical (unpaired) electrons. The molecular weight excluding hydrogens is 360 g/mol. The summed E-state index contributed by atoms with van der Waals surface area (Å²) < 4.78 is 0. The smallest absolute Gasteiger partial charge is 0.0351 e. The van der Waals surface area contributed by atoms with E-state index in [9.17, 15) is 0 Å². The first-order valence-corrected chi connectivity index (χ1v) is 14.1. The van der Waals surface area contributed by atoms with Gasteiger partial charge >= 0.3 is 0 Å². The molecule has 0 aliphatic rings. The van der Waals surface area contributed by atoms with Crippen LogP contribution in [0.5, 0.6) is 0 Å². The monoisotopic (exact) mass is 418 g/mol. The van der Waals surface area contributed by atoms with E-state index in [-0.39, 0.29) is 0 Å². The molecule has 0 heterocycles. The number of unbranched alkanes of at least 4 members (excludes halogenated alkanes) is 17. The number of allylic oxidation sites excluding steroid dienone is 2. The molecule has 0 fully saturated rings. The van der Waals surface area contributed by atoms with Crippen LogP contribution in [0.25, 0.3) is 0 Å². The van der Waals surface area contributed by atoms with Gasteiger partial charge in [0.05, 0.1) is 0 Å². The minimum Gasteiger partial charge on any atom is -0.0885 e. The van der Waals surface area contributed by atoms with Gasteiger partial charge in [0.1, 0.15) is 0 Å². The molecule has 0 rings (SSSR count). The Morgan fingerprint density at radius 2 is 0.833 bits per heavy atom. The van der Waals surface area contributed by atoms with Gasteiger partial charge in [-0.15, -0.1) is 0 Å². The molecular formula is C30H58. The van der Waals surface area contributed by atoms with Gasteiger partial charge in [-0.3, -0.25) is 0 Å². The van der Waals surface area contributed by atoms with Gasteiger partial charge in [-0.25, -0.2) is 0 Å². The van der Waals surface area contributed by atoms with E-state index in [2.05, 4.69) is 32.9 Å². The average molecular weight is 419 g/mol. The van der Waals surface area contributed by atoms with Crippen LogP contribution in [0.2, 0.25) is 0 Å². The van der Waals surface area contributed by atoms with E-state index in [4.69, 9.17) is 0 Å². The third-order valence-electron chi connectivity index (χ3n) is 6.58. The molecule has 0 N–H and O–H groups in total. The zero-order valence-corrected chi connectivity index (χ0v) is 21.1. The standard InChI is InChI=1S/C30H58/c1-4-7-9-11-13-15-17-18-20-22-24-26-29-30(27-6-3)28-25-23-21-19-16-14-12-10-8-5-2/h14,16,30H,1-2,4-13,15,17-29H2,3H3/b16-14+. The first-order chi connectivity index (χ1) is 14.8. The summed E-state index contributed by atoms with van der Waals surface area (Å²) in [4.78, 5) is 0. The highest BCUT2D eigenvalue weighted by molar-refractivity contribution is 4.81. The lowest BCUT2D eigenvalue weighted by atomic mass is 9.90. The third kappa shape index (κ3) is 24.0. The lowest BCUT2D eigenvalue weighted by molar-refractivity contribution is 0.378. The molecule has 0 aromatic rings. The van der Waals surface area contributed by atoms with E-state index in [1.807, 2.05) is 0 Å². The summed E-state index contributed by atoms with van der Waals surface area (Å²) in [6, 6.07) is 0. The molecule has 1 unspecified atom stereocenters. The summed E-state index contributed by atoms with van der Waals surface area (Å²) in [5.41, 5.74) is 0. The molecule has 30 heavy (non-hydrogen) atoms. The fourth-order valence-corrected chi connectivity index (χ4v) is 4.59. The minimum atomic E-state index is 1.01. The van der Waals surface area contributed by atoms with Gasteiger partial charge < -0.3 is 0 Å². The Hall–Kier alpha value is -0.260. The van der Waals surface area contributed by atoms with Crippen molar-refractivity contribution >= 4 is 0 Å². The number of hydrogen-bond donors (Lipinski definition) is 0. The van der Waals surface area contributed by atoms with Crippen molar-refractivity contribution in [1.29, 1.82) is 0 Å². The molecule has 0 amide bonds. The highest BCUT2D eigenvalue weighted by atomic mass is 14.1. The third-order valence-corrected chi connectivity index (χ3v) is 6.58. The van der Waals surface area contributed by atoms with Crippen LogP contribution in [-0.4, -0.2) is 0 Å². The summed E-state index contributed by atoms with van der Waals surface area (Å²) in [7, 11) is 0. The Labute approximate surface area is 193 Å². The van der Waals surface area contributed by atoms with Crippen molar-refractivity contribution in [3.63, 3.8) is 0 Å². The molecule has 178 valence electrons. The average Bonchev–Trinajstić information content (AvgIpc) is 2.75. The Bertz CT molecular complexity index is 316. The summed E-state index contributed by atoms with van der Waals surface area (Å²) in [6.45, 7) is 10.2. The summed E-state index contributed by atoms with van der Waals surface area (Å²) in [5, 5.41) is 0. The number of hydrogen-bond acceptors (Lipinski definition) is 0. The highest BCUT2D eigenvalue weighted by Gasteiger charge is 2.07. The maximum Gasteiger partial charge on any atom is -0.0351 e. The van der Waals surface area contributed by atoms with Crippen LogP contribution in [0.1, 0.15) is 161 Å². The lowest BCUT2D eigenvalue weighted by Crippen LogP contribution is -2.00. The van der Waals surface area contributed by atoms with Crippen molar-refractivity contribution in [2.75, 3.05) is 0 Å². The molecule has 0 nitrogen and oxygen atoms in total. The van der Waals surface area contributed by atoms with Crippen molar-refractivity contribution in [1.82, 2.24) is 0 Å². The highest BCUT2D eigenvalue weighted by Crippen LogP contribution is 2.23. The van der Waals surface area contributed by atoms with Crippen molar-refractivity contribution in [2.45, 2.75) is 161 Å². The second-order valence-corrected chi connectivity index (χ2v) is 9.64. The van der Waals surface area contributed by atoms with E-state index in [0.29, 0.717) is 0 Å². The van der Waals surface area contributed by atoms with Crippen LogP contribution in [0.3, 0.4) is 0 Å². The van der Waals surface area contributed by atoms with Crippen LogP contribution in [0.4, 0.5) is 0 Å². The minimum absolute atomic E-state index is 1.01. The van der Waals surface area contributed by atoms with Crippen molar-refractivity contribution in [2.24, 2.45) is 5.92 Å². The largest absolute Gasteiger partial charge is 0.0885 e. The van der Waals surface area contributed by atoms with Crippen LogP contribution in [-0.2, 0) is 0 Å². The molecule has 0 saturated carbocycles. The van der Waals surface area contributed by atoms with Gasteiger partial charge in [-0.2, -0.15) is 0 Å². The van der Waals surface area contributed by atoms with Crippen molar-refractivity contribution in [3.8, 4) is 0 Å². The molecule has 0 heteroatoms. The van der Waals surface area contributed by atoms with E-state index < -0.39 is 0 Å². The van der Waals surface area contributed by atoms with E-state index in [1.54, 1.807) is 0 Å². The summed E-state index contributed by atoms with van der Waals surface area (Å²) in [6.07, 6.45) is 38.1. The summed E-state index contributed by atoms with van der Waals surface area (Å²) in [5.74, 6) is 1.01. The van der Waals surface area contributed by atoms with Gasteiger partial charge in [-0.05, 0) is 31.6 Å². The Morgan fingerprint density at radius 1 is 0.467 bits per heavy atom. The Morgan fingerprint density at radius 3 is 1.30 bits per heavy atom. The van der Waals surface area contributed by atoms with Crippen LogP contribution < -0.4 is 0 Å². The first kappa shape index (κ1) is 29.7. The van der Waals surface area contributed by atoms with Gasteiger partial charge in [0.2, 0.25) is 0 Å². The van der Waals surface area contributed by atoms with Gasteiger partial charge in [0.25, 0.3) is 0 Å². The molecule has 0 aliphatic heterocycles. The normalized spacial score (nSPS) is 12.8. The molecule has 0 spiro atoms. The molecule has 0 bridgehead atoms. The zero-order chi connectivity index (χ0) is 22.0. The van der Waals surface area contributed by atoms with Crippen LogP contribution in [0, 0.1) is 19.8 Å². The predicted octanol–water partition coefficient (Wildman–Crippen LogP) is 11.2.